The van der Waals surface area contributed by atoms with Crippen LogP contribution in [0, 0.1) is 0 Å². The average Bonchev–Trinajstić information content (AvgIpc) is 3.09. The molecule has 0 fully saturated rings. The van der Waals surface area contributed by atoms with Crippen molar-refractivity contribution in [1.82, 2.24) is 0 Å². The number of sulfonamides is 2. The predicted molar refractivity (Wildman–Crippen MR) is 191 cm³/mol. The molecule has 246 valence electrons. The zero-order valence-corrected chi connectivity index (χ0v) is 27.9. The minimum Gasteiger partial charge on any atom is -0.494 e. The second-order valence-corrected chi connectivity index (χ2v) is 13.7. The summed E-state index contributed by atoms with van der Waals surface area (Å²) < 4.78 is 67.1. The second-order valence-electron chi connectivity index (χ2n) is 10.3. The van der Waals surface area contributed by atoms with Crippen molar-refractivity contribution in [3.05, 3.63) is 132 Å². The van der Waals surface area contributed by atoms with Gasteiger partial charge in [0, 0.05) is 23.8 Å². The number of hydrogen-bond acceptors (Lipinski definition) is 8. The van der Waals surface area contributed by atoms with E-state index in [1.54, 1.807) is 85.2 Å². The summed E-state index contributed by atoms with van der Waals surface area (Å²) in [4.78, 5) is 9.15. The molecular weight excluding hydrogens is 649 g/mol. The highest BCUT2D eigenvalue weighted by atomic mass is 32.2. The maximum absolute atomic E-state index is 12.8. The number of nitrogens with one attached hydrogen (secondary N) is 2. The van der Waals surface area contributed by atoms with Crippen LogP contribution in [0.4, 0.5) is 22.7 Å². The Hall–Kier alpha value is -5.46. The Bertz CT molecular complexity index is 1930. The first-order chi connectivity index (χ1) is 23.1. The molecule has 0 saturated carbocycles. The van der Waals surface area contributed by atoms with Crippen molar-refractivity contribution >= 4 is 55.2 Å². The van der Waals surface area contributed by atoms with Crippen LogP contribution in [0.5, 0.6) is 11.5 Å². The van der Waals surface area contributed by atoms with Gasteiger partial charge >= 0.3 is 0 Å². The molecule has 48 heavy (non-hydrogen) atoms. The topological polar surface area (TPSA) is 136 Å². The van der Waals surface area contributed by atoms with Crippen molar-refractivity contribution in [1.29, 1.82) is 0 Å². The van der Waals surface area contributed by atoms with Gasteiger partial charge in [-0.15, -0.1) is 0 Å². The van der Waals surface area contributed by atoms with E-state index < -0.39 is 20.0 Å². The van der Waals surface area contributed by atoms with Crippen molar-refractivity contribution < 1.29 is 26.3 Å². The van der Waals surface area contributed by atoms with E-state index in [1.165, 1.54) is 24.3 Å². The monoisotopic (exact) mass is 682 g/mol. The summed E-state index contributed by atoms with van der Waals surface area (Å²) in [6, 6.07) is 33.5. The van der Waals surface area contributed by atoms with Crippen LogP contribution in [-0.4, -0.2) is 42.5 Å². The fraction of sp³-hybridized carbons (Fsp3) is 0.111. The molecule has 5 aromatic carbocycles. The van der Waals surface area contributed by atoms with Crippen molar-refractivity contribution in [2.45, 2.75) is 23.6 Å². The van der Waals surface area contributed by atoms with Crippen LogP contribution in [0.2, 0.25) is 0 Å². The molecule has 5 aromatic rings. The van der Waals surface area contributed by atoms with Crippen LogP contribution in [0.25, 0.3) is 0 Å². The second kappa shape index (κ2) is 15.4. The first-order valence-corrected chi connectivity index (χ1v) is 18.0. The number of benzene rings is 5. The van der Waals surface area contributed by atoms with Gasteiger partial charge in [-0.2, -0.15) is 0 Å². The molecule has 0 unspecified atom stereocenters. The SMILES string of the molecule is CCOc1ccc(NS(=O)(=O)c2ccc(N=Cc3ccc(C=Nc4ccc(S(=O)(=O)Nc5ccc(OCC)cc5)cc4)cc3)cc2)cc1. The highest BCUT2D eigenvalue weighted by Crippen LogP contribution is 2.23. The third-order valence-corrected chi connectivity index (χ3v) is 9.59. The minimum atomic E-state index is -3.76. The van der Waals surface area contributed by atoms with Gasteiger partial charge in [-0.3, -0.25) is 19.4 Å². The molecule has 5 rings (SSSR count). The molecule has 2 N–H and O–H groups in total. The Morgan fingerprint density at radius 1 is 0.500 bits per heavy atom. The van der Waals surface area contributed by atoms with Crippen molar-refractivity contribution in [3.8, 4) is 11.5 Å². The Labute approximate surface area is 280 Å². The Morgan fingerprint density at radius 3 is 1.15 bits per heavy atom. The molecule has 0 bridgehead atoms. The molecule has 0 heterocycles. The van der Waals surface area contributed by atoms with E-state index in [-0.39, 0.29) is 9.79 Å². The standard InChI is InChI=1S/C36H34N4O6S2/c1-3-45-33-17-9-31(10-18-33)39-47(41,42)35-21-13-29(14-22-35)37-25-27-5-7-28(8-6-27)26-38-30-15-23-36(24-16-30)48(43,44)40-32-11-19-34(20-12-32)46-4-2/h5-26,39-40H,3-4H2,1-2H3. The van der Waals surface area contributed by atoms with Gasteiger partial charge in [0.05, 0.1) is 34.4 Å². The molecule has 0 atom stereocenters. The first-order valence-electron chi connectivity index (χ1n) is 15.0. The smallest absolute Gasteiger partial charge is 0.261 e. The van der Waals surface area contributed by atoms with Gasteiger partial charge in [0.15, 0.2) is 0 Å². The van der Waals surface area contributed by atoms with Gasteiger partial charge in [0.1, 0.15) is 11.5 Å². The summed E-state index contributed by atoms with van der Waals surface area (Å²) in [6.07, 6.45) is 3.37. The molecule has 10 nitrogen and oxygen atoms in total. The van der Waals surface area contributed by atoms with E-state index in [0.717, 1.165) is 11.1 Å². The lowest BCUT2D eigenvalue weighted by atomic mass is 10.1. The van der Waals surface area contributed by atoms with Crippen molar-refractivity contribution in [2.24, 2.45) is 9.98 Å². The Kier molecular flexibility index (Phi) is 10.9. The summed E-state index contributed by atoms with van der Waals surface area (Å²) >= 11 is 0. The fourth-order valence-electron chi connectivity index (χ4n) is 4.39. The highest BCUT2D eigenvalue weighted by molar-refractivity contribution is 7.93. The average molecular weight is 683 g/mol. The molecular formula is C36H34N4O6S2. The molecule has 12 heteroatoms. The van der Waals surface area contributed by atoms with Crippen LogP contribution in [0.1, 0.15) is 25.0 Å². The largest absolute Gasteiger partial charge is 0.494 e. The fourth-order valence-corrected chi connectivity index (χ4v) is 6.51. The lowest BCUT2D eigenvalue weighted by Gasteiger charge is -2.09. The number of nitrogens with zero attached hydrogens (tertiary/aromatic N) is 2. The van der Waals surface area contributed by atoms with Crippen LogP contribution >= 0.6 is 0 Å². The third kappa shape index (κ3) is 9.30. The maximum Gasteiger partial charge on any atom is 0.261 e. The Morgan fingerprint density at radius 2 is 0.833 bits per heavy atom. The quantitative estimate of drug-likeness (QED) is 0.116. The van der Waals surface area contributed by atoms with Gasteiger partial charge in [-0.1, -0.05) is 24.3 Å². The summed E-state index contributed by atoms with van der Waals surface area (Å²) in [5.74, 6) is 1.33. The van der Waals surface area contributed by atoms with E-state index in [1.807, 2.05) is 38.1 Å². The molecule has 0 aliphatic carbocycles. The van der Waals surface area contributed by atoms with Crippen LogP contribution in [-0.2, 0) is 20.0 Å². The lowest BCUT2D eigenvalue weighted by Crippen LogP contribution is -2.12. The van der Waals surface area contributed by atoms with Gasteiger partial charge < -0.3 is 9.47 Å². The molecule has 0 aliphatic heterocycles. The molecule has 0 aromatic heterocycles. The van der Waals surface area contributed by atoms with Crippen LogP contribution in [0.3, 0.4) is 0 Å². The van der Waals surface area contributed by atoms with E-state index >= 15 is 0 Å². The predicted octanol–water partition coefficient (Wildman–Crippen LogP) is 7.59. The van der Waals surface area contributed by atoms with Crippen molar-refractivity contribution in [3.63, 3.8) is 0 Å². The van der Waals surface area contributed by atoms with Gasteiger partial charge in [-0.25, -0.2) is 16.8 Å². The van der Waals surface area contributed by atoms with E-state index in [2.05, 4.69) is 19.4 Å². The third-order valence-electron chi connectivity index (χ3n) is 6.79. The number of rotatable bonds is 14. The zero-order chi connectivity index (χ0) is 34.0. The molecule has 0 saturated heterocycles. The number of aliphatic imine (C=N–C) groups is 2. The summed E-state index contributed by atoms with van der Waals surface area (Å²) in [5, 5.41) is 0. The molecule has 0 aliphatic rings. The molecule has 0 radical (unpaired) electrons. The van der Waals surface area contributed by atoms with Crippen molar-refractivity contribution in [2.75, 3.05) is 22.7 Å². The summed E-state index contributed by atoms with van der Waals surface area (Å²) in [5.41, 5.74) is 3.76. The van der Waals surface area contributed by atoms with Gasteiger partial charge in [0.2, 0.25) is 0 Å². The number of ether oxygens (including phenoxy) is 2. The minimum absolute atomic E-state index is 0.121. The molecule has 0 amide bonds. The summed E-state index contributed by atoms with van der Waals surface area (Å²) in [7, 11) is -7.53. The first kappa shape index (κ1) is 33.9. The Balaban J connectivity index is 1.15. The maximum atomic E-state index is 12.8. The van der Waals surface area contributed by atoms with Gasteiger partial charge in [-0.05, 0) is 122 Å². The van der Waals surface area contributed by atoms with Crippen LogP contribution < -0.4 is 18.9 Å². The zero-order valence-electron chi connectivity index (χ0n) is 26.3. The van der Waals surface area contributed by atoms with E-state index in [4.69, 9.17) is 9.47 Å². The number of anilines is 2. The molecule has 0 spiro atoms. The highest BCUT2D eigenvalue weighted by Gasteiger charge is 2.15. The van der Waals surface area contributed by atoms with E-state index in [9.17, 15) is 16.8 Å². The normalized spacial score (nSPS) is 11.9. The number of hydrogen-bond donors (Lipinski definition) is 2. The summed E-state index contributed by atoms with van der Waals surface area (Å²) in [6.45, 7) is 4.82. The van der Waals surface area contributed by atoms with Gasteiger partial charge in [0.25, 0.3) is 20.0 Å². The van der Waals surface area contributed by atoms with Crippen LogP contribution in [0.15, 0.2) is 141 Å². The van der Waals surface area contributed by atoms with E-state index in [0.29, 0.717) is 47.5 Å². The lowest BCUT2D eigenvalue weighted by molar-refractivity contribution is 0.340.